The van der Waals surface area contributed by atoms with Crippen molar-refractivity contribution in [2.45, 2.75) is 32.2 Å². The van der Waals surface area contributed by atoms with Crippen molar-refractivity contribution < 1.29 is 4.21 Å². The highest BCUT2D eigenvalue weighted by Gasteiger charge is 2.23. The number of hydrogen-bond donors (Lipinski definition) is 1. The summed E-state index contributed by atoms with van der Waals surface area (Å²) in [7, 11) is -0.649. The van der Waals surface area contributed by atoms with Crippen LogP contribution in [0.5, 0.6) is 0 Å². The van der Waals surface area contributed by atoms with Crippen LogP contribution in [0.2, 0.25) is 0 Å². The van der Waals surface area contributed by atoms with Crippen molar-refractivity contribution in [2.75, 3.05) is 18.1 Å². The Morgan fingerprint density at radius 1 is 1.41 bits per heavy atom. The van der Waals surface area contributed by atoms with Crippen molar-refractivity contribution in [3.05, 3.63) is 35.4 Å². The molecule has 0 bridgehead atoms. The van der Waals surface area contributed by atoms with E-state index in [-0.39, 0.29) is 0 Å². The van der Waals surface area contributed by atoms with Gasteiger partial charge < -0.3 is 5.32 Å². The molecule has 0 heterocycles. The van der Waals surface area contributed by atoms with E-state index in [1.165, 1.54) is 24.0 Å². The molecule has 2 rings (SSSR count). The first-order valence-corrected chi connectivity index (χ1v) is 7.93. The molecule has 1 N–H and O–H groups in total. The van der Waals surface area contributed by atoms with E-state index in [4.69, 9.17) is 0 Å². The first-order chi connectivity index (χ1) is 8.29. The van der Waals surface area contributed by atoms with Gasteiger partial charge in [-0.1, -0.05) is 31.2 Å². The van der Waals surface area contributed by atoms with Crippen LogP contribution in [0.1, 0.15) is 36.8 Å². The molecule has 0 amide bonds. The molecule has 0 aromatic heterocycles. The van der Waals surface area contributed by atoms with Gasteiger partial charge in [-0.2, -0.15) is 0 Å². The maximum atomic E-state index is 11.2. The lowest BCUT2D eigenvalue weighted by atomic mass is 10.1. The van der Waals surface area contributed by atoms with Crippen molar-refractivity contribution in [3.8, 4) is 0 Å². The normalized spacial score (nSPS) is 17.0. The fourth-order valence-electron chi connectivity index (χ4n) is 1.94. The van der Waals surface area contributed by atoms with E-state index < -0.39 is 10.8 Å². The second-order valence-electron chi connectivity index (χ2n) is 4.63. The molecular formula is C14H21NOS. The lowest BCUT2D eigenvalue weighted by Gasteiger charge is -2.06. The predicted molar refractivity (Wildman–Crippen MR) is 73.7 cm³/mol. The van der Waals surface area contributed by atoms with Crippen LogP contribution in [0.15, 0.2) is 24.3 Å². The second-order valence-corrected chi connectivity index (χ2v) is 6.49. The monoisotopic (exact) mass is 251 g/mol. The molecule has 1 aromatic rings. The second kappa shape index (κ2) is 6.31. The number of nitrogens with one attached hydrogen (secondary N) is 1. The maximum Gasteiger partial charge on any atom is 0.0360 e. The fraction of sp³-hybridized carbons (Fsp3) is 0.571. The molecular weight excluding hydrogens is 230 g/mol. The van der Waals surface area contributed by atoms with Gasteiger partial charge in [0.05, 0.1) is 0 Å². The lowest BCUT2D eigenvalue weighted by Crippen LogP contribution is -2.20. The van der Waals surface area contributed by atoms with Gasteiger partial charge >= 0.3 is 0 Å². The molecule has 94 valence electrons. The van der Waals surface area contributed by atoms with Gasteiger partial charge in [0.1, 0.15) is 0 Å². The van der Waals surface area contributed by atoms with Gasteiger partial charge in [0.25, 0.3) is 0 Å². The predicted octanol–water partition coefficient (Wildman–Crippen LogP) is 2.42. The Hall–Kier alpha value is -0.670. The van der Waals surface area contributed by atoms with Crippen LogP contribution < -0.4 is 5.32 Å². The van der Waals surface area contributed by atoms with E-state index in [0.717, 1.165) is 30.5 Å². The fourth-order valence-corrected chi connectivity index (χ4v) is 2.60. The molecule has 0 radical (unpaired) electrons. The molecule has 0 aliphatic heterocycles. The summed E-state index contributed by atoms with van der Waals surface area (Å²) in [5, 5.41) is 3.36. The summed E-state index contributed by atoms with van der Waals surface area (Å²) in [5.74, 6) is 2.35. The molecule has 0 saturated heterocycles. The van der Waals surface area contributed by atoms with Gasteiger partial charge in [-0.3, -0.25) is 4.21 Å². The lowest BCUT2D eigenvalue weighted by molar-refractivity contribution is 0.673. The molecule has 17 heavy (non-hydrogen) atoms. The largest absolute Gasteiger partial charge is 0.312 e. The molecule has 3 heteroatoms. The first-order valence-electron chi connectivity index (χ1n) is 6.44. The number of benzene rings is 1. The third kappa shape index (κ3) is 4.25. The standard InChI is InChI=1S/C14H21NOS/c1-2-17(16)9-8-15-11-12-4-3-5-14(10-12)13-6-7-13/h3-5,10,13,15H,2,6-9,11H2,1H3. The molecule has 1 aliphatic carbocycles. The van der Waals surface area contributed by atoms with E-state index in [9.17, 15) is 4.21 Å². The SMILES string of the molecule is CCS(=O)CCNCc1cccc(C2CC2)c1. The number of hydrogen-bond acceptors (Lipinski definition) is 2. The maximum absolute atomic E-state index is 11.2. The van der Waals surface area contributed by atoms with Crippen LogP contribution >= 0.6 is 0 Å². The van der Waals surface area contributed by atoms with Gasteiger partial charge in [-0.15, -0.1) is 0 Å². The topological polar surface area (TPSA) is 29.1 Å². The summed E-state index contributed by atoms with van der Waals surface area (Å²) >= 11 is 0. The van der Waals surface area contributed by atoms with Crippen molar-refractivity contribution in [2.24, 2.45) is 0 Å². The minimum atomic E-state index is -0.649. The summed E-state index contributed by atoms with van der Waals surface area (Å²) in [6.45, 7) is 3.70. The van der Waals surface area contributed by atoms with Gasteiger partial charge in [-0.05, 0) is 29.9 Å². The van der Waals surface area contributed by atoms with Gasteiger partial charge in [0, 0.05) is 35.4 Å². The van der Waals surface area contributed by atoms with Crippen molar-refractivity contribution >= 4 is 10.8 Å². The van der Waals surface area contributed by atoms with Crippen LogP contribution in [0.3, 0.4) is 0 Å². The van der Waals surface area contributed by atoms with Gasteiger partial charge in [0.15, 0.2) is 0 Å². The first kappa shape index (κ1) is 12.8. The summed E-state index contributed by atoms with van der Waals surface area (Å²) < 4.78 is 11.2. The molecule has 1 saturated carbocycles. The molecule has 1 atom stereocenters. The zero-order chi connectivity index (χ0) is 12.1. The molecule has 2 nitrogen and oxygen atoms in total. The van der Waals surface area contributed by atoms with Crippen LogP contribution in [-0.4, -0.2) is 22.3 Å². The van der Waals surface area contributed by atoms with Crippen LogP contribution in [-0.2, 0) is 17.3 Å². The Morgan fingerprint density at radius 2 is 2.24 bits per heavy atom. The van der Waals surface area contributed by atoms with Crippen LogP contribution in [0.25, 0.3) is 0 Å². The van der Waals surface area contributed by atoms with Crippen LogP contribution in [0.4, 0.5) is 0 Å². The Labute approximate surface area is 106 Å². The van der Waals surface area contributed by atoms with E-state index >= 15 is 0 Å². The number of rotatable bonds is 7. The highest BCUT2D eigenvalue weighted by molar-refractivity contribution is 7.84. The van der Waals surface area contributed by atoms with E-state index in [1.807, 2.05) is 6.92 Å². The van der Waals surface area contributed by atoms with E-state index in [1.54, 1.807) is 0 Å². The Morgan fingerprint density at radius 3 is 2.94 bits per heavy atom. The highest BCUT2D eigenvalue weighted by Crippen LogP contribution is 2.40. The molecule has 1 fully saturated rings. The average molecular weight is 251 g/mol. The third-order valence-corrected chi connectivity index (χ3v) is 4.46. The summed E-state index contributed by atoms with van der Waals surface area (Å²) in [6.07, 6.45) is 2.71. The Balaban J connectivity index is 1.74. The Kier molecular flexibility index (Phi) is 4.75. The third-order valence-electron chi connectivity index (χ3n) is 3.16. The molecule has 1 aliphatic rings. The van der Waals surface area contributed by atoms with Gasteiger partial charge in [-0.25, -0.2) is 0 Å². The van der Waals surface area contributed by atoms with Crippen LogP contribution in [0, 0.1) is 0 Å². The average Bonchev–Trinajstić information content (AvgIpc) is 3.19. The van der Waals surface area contributed by atoms with E-state index in [0.29, 0.717) is 0 Å². The minimum absolute atomic E-state index is 0.649. The van der Waals surface area contributed by atoms with E-state index in [2.05, 4.69) is 29.6 Å². The van der Waals surface area contributed by atoms with Crippen molar-refractivity contribution in [1.29, 1.82) is 0 Å². The van der Waals surface area contributed by atoms with Crippen molar-refractivity contribution in [1.82, 2.24) is 5.32 Å². The molecule has 0 spiro atoms. The smallest absolute Gasteiger partial charge is 0.0360 e. The highest BCUT2D eigenvalue weighted by atomic mass is 32.2. The zero-order valence-electron chi connectivity index (χ0n) is 10.4. The molecule has 1 unspecified atom stereocenters. The summed E-state index contributed by atoms with van der Waals surface area (Å²) in [6, 6.07) is 8.85. The van der Waals surface area contributed by atoms with Crippen molar-refractivity contribution in [3.63, 3.8) is 0 Å². The van der Waals surface area contributed by atoms with Gasteiger partial charge in [0.2, 0.25) is 0 Å². The summed E-state index contributed by atoms with van der Waals surface area (Å²) in [4.78, 5) is 0. The minimum Gasteiger partial charge on any atom is -0.312 e. The molecule has 1 aromatic carbocycles. The summed E-state index contributed by atoms with van der Waals surface area (Å²) in [5.41, 5.74) is 2.83. The quantitative estimate of drug-likeness (QED) is 0.754. The zero-order valence-corrected chi connectivity index (χ0v) is 11.3. The Bertz CT molecular complexity index is 388.